The smallest absolute Gasteiger partial charge is 0.123 e. The molecule has 0 radical (unpaired) electrons. The van der Waals surface area contributed by atoms with Gasteiger partial charge in [-0.3, -0.25) is 0 Å². The Morgan fingerprint density at radius 1 is 0.676 bits per heavy atom. The van der Waals surface area contributed by atoms with Crippen LogP contribution in [0.5, 0.6) is 0 Å². The van der Waals surface area contributed by atoms with Crippen LogP contribution in [0.15, 0.2) is 60.9 Å². The molecule has 0 bridgehead atoms. The zero-order valence-corrected chi connectivity index (χ0v) is 19.3. The summed E-state index contributed by atoms with van der Waals surface area (Å²) in [4.78, 5) is 16.0. The highest BCUT2D eigenvalue weighted by atomic mass is 16.3. The molecule has 2 aliphatic rings. The molecule has 4 heterocycles. The fourth-order valence-electron chi connectivity index (χ4n) is 5.05. The summed E-state index contributed by atoms with van der Waals surface area (Å²) in [6, 6.07) is 17.6. The van der Waals surface area contributed by atoms with E-state index in [1.165, 1.54) is 11.1 Å². The SMILES string of the molecule is C[C@H]1CN[C@H](c2ncc(-c3ccc(-c4ccc(-c5cnc([C@@H]6C[C@@H](O)CN6)[nH]5)cc4)cc3)[nH]2)C1. The fourth-order valence-corrected chi connectivity index (χ4v) is 5.05. The van der Waals surface area contributed by atoms with Crippen molar-refractivity contribution in [3.63, 3.8) is 0 Å². The quantitative estimate of drug-likeness (QED) is 0.311. The van der Waals surface area contributed by atoms with Crippen LogP contribution >= 0.6 is 0 Å². The highest BCUT2D eigenvalue weighted by Crippen LogP contribution is 2.30. The Hall–Kier alpha value is -3.26. The molecule has 0 amide bonds. The minimum atomic E-state index is -0.298. The molecular formula is C27H30N6O. The first-order valence-corrected chi connectivity index (χ1v) is 12.1. The third kappa shape index (κ3) is 4.18. The third-order valence-corrected chi connectivity index (χ3v) is 7.03. The Morgan fingerprint density at radius 2 is 1.15 bits per heavy atom. The number of aromatic nitrogens is 4. The molecule has 174 valence electrons. The van der Waals surface area contributed by atoms with Gasteiger partial charge in [-0.1, -0.05) is 55.5 Å². The number of aliphatic hydroxyl groups excluding tert-OH is 1. The predicted octanol–water partition coefficient (Wildman–Crippen LogP) is 4.20. The standard InChI is InChI=1S/C27H30N6O/c1-16-10-22(28-12-16)26-30-14-24(32-26)19-6-2-17(3-7-19)18-4-8-20(9-5-18)25-15-31-27(33-25)23-11-21(34)13-29-23/h2-9,14-16,21-23,28-29,34H,10-13H2,1H3,(H,30,32)(H,31,33)/t16-,21-,22+,23+/m1/s1. The number of aromatic amines is 2. The van der Waals surface area contributed by atoms with E-state index in [2.05, 4.69) is 86.0 Å². The van der Waals surface area contributed by atoms with Crippen molar-refractivity contribution >= 4 is 0 Å². The van der Waals surface area contributed by atoms with Crippen LogP contribution in [0.2, 0.25) is 0 Å². The van der Waals surface area contributed by atoms with Gasteiger partial charge in [0.15, 0.2) is 0 Å². The van der Waals surface area contributed by atoms with Gasteiger partial charge in [-0.15, -0.1) is 0 Å². The minimum Gasteiger partial charge on any atom is -0.392 e. The Bertz CT molecular complexity index is 1160. The third-order valence-electron chi connectivity index (χ3n) is 7.03. The number of hydrogen-bond acceptors (Lipinski definition) is 5. The first-order valence-electron chi connectivity index (χ1n) is 12.1. The van der Waals surface area contributed by atoms with Crippen LogP contribution < -0.4 is 10.6 Å². The number of H-pyrrole nitrogens is 2. The highest BCUT2D eigenvalue weighted by Gasteiger charge is 2.26. The monoisotopic (exact) mass is 454 g/mol. The molecule has 7 heteroatoms. The van der Waals surface area contributed by atoms with Crippen molar-refractivity contribution in [2.75, 3.05) is 13.1 Å². The largest absolute Gasteiger partial charge is 0.392 e. The Balaban J connectivity index is 1.15. The second-order valence-electron chi connectivity index (χ2n) is 9.67. The first kappa shape index (κ1) is 21.3. The highest BCUT2D eigenvalue weighted by molar-refractivity contribution is 5.71. The van der Waals surface area contributed by atoms with Crippen molar-refractivity contribution in [1.29, 1.82) is 0 Å². The lowest BCUT2D eigenvalue weighted by atomic mass is 10.0. The van der Waals surface area contributed by atoms with Gasteiger partial charge in [0.1, 0.15) is 11.6 Å². The van der Waals surface area contributed by atoms with E-state index in [0.29, 0.717) is 24.9 Å². The molecule has 0 unspecified atom stereocenters. The van der Waals surface area contributed by atoms with Crippen LogP contribution in [-0.2, 0) is 0 Å². The number of benzene rings is 2. The number of β-amino-alcohol motifs (C(OH)–C–C–N with tert-alkyl or cyclic N) is 1. The van der Waals surface area contributed by atoms with Crippen molar-refractivity contribution in [3.05, 3.63) is 72.6 Å². The summed E-state index contributed by atoms with van der Waals surface area (Å²) < 4.78 is 0. The number of hydrogen-bond donors (Lipinski definition) is 5. The zero-order chi connectivity index (χ0) is 23.1. The van der Waals surface area contributed by atoms with Crippen molar-refractivity contribution < 1.29 is 5.11 Å². The number of aliphatic hydroxyl groups is 1. The molecule has 34 heavy (non-hydrogen) atoms. The second kappa shape index (κ2) is 8.83. The number of nitrogens with one attached hydrogen (secondary N) is 4. The topological polar surface area (TPSA) is 102 Å². The lowest BCUT2D eigenvalue weighted by molar-refractivity contribution is 0.193. The van der Waals surface area contributed by atoms with Gasteiger partial charge >= 0.3 is 0 Å². The van der Waals surface area contributed by atoms with E-state index in [9.17, 15) is 5.11 Å². The molecule has 7 nitrogen and oxygen atoms in total. The zero-order valence-electron chi connectivity index (χ0n) is 19.3. The van der Waals surface area contributed by atoms with Crippen molar-refractivity contribution in [2.45, 2.75) is 38.0 Å². The number of imidazole rings is 2. The maximum Gasteiger partial charge on any atom is 0.123 e. The second-order valence-corrected chi connectivity index (χ2v) is 9.67. The molecule has 2 aromatic heterocycles. The molecule has 2 saturated heterocycles. The predicted molar refractivity (Wildman–Crippen MR) is 133 cm³/mol. The number of rotatable bonds is 5. The minimum absolute atomic E-state index is 0.0884. The fraction of sp³-hybridized carbons (Fsp3) is 0.333. The summed E-state index contributed by atoms with van der Waals surface area (Å²) >= 11 is 0. The van der Waals surface area contributed by atoms with E-state index in [1.54, 1.807) is 0 Å². The lowest BCUT2D eigenvalue weighted by Gasteiger charge is -2.07. The molecule has 0 aliphatic carbocycles. The maximum absolute atomic E-state index is 9.75. The van der Waals surface area contributed by atoms with Gasteiger partial charge in [-0.25, -0.2) is 9.97 Å². The summed E-state index contributed by atoms with van der Waals surface area (Å²) in [5.74, 6) is 2.60. The van der Waals surface area contributed by atoms with Crippen LogP contribution in [-0.4, -0.2) is 44.2 Å². The summed E-state index contributed by atoms with van der Waals surface area (Å²) in [6.07, 6.45) is 5.32. The van der Waals surface area contributed by atoms with Crippen molar-refractivity contribution in [2.24, 2.45) is 5.92 Å². The molecule has 5 N–H and O–H groups in total. The maximum atomic E-state index is 9.75. The summed E-state index contributed by atoms with van der Waals surface area (Å²) in [6.45, 7) is 3.94. The Labute approximate surface area is 199 Å². The average Bonchev–Trinajstić information content (AvgIpc) is 3.66. The average molecular weight is 455 g/mol. The normalized spacial score (nSPS) is 24.6. The van der Waals surface area contributed by atoms with E-state index in [0.717, 1.165) is 47.1 Å². The first-order chi connectivity index (χ1) is 16.6. The van der Waals surface area contributed by atoms with Crippen molar-refractivity contribution in [1.82, 2.24) is 30.6 Å². The van der Waals surface area contributed by atoms with Gasteiger partial charge in [0, 0.05) is 6.54 Å². The van der Waals surface area contributed by atoms with Gasteiger partial charge in [-0.2, -0.15) is 0 Å². The molecule has 0 spiro atoms. The van der Waals surface area contributed by atoms with Gasteiger partial charge in [0.2, 0.25) is 0 Å². The van der Waals surface area contributed by atoms with Crippen LogP contribution in [0.4, 0.5) is 0 Å². The van der Waals surface area contributed by atoms with Gasteiger partial charge in [0.05, 0.1) is 42.0 Å². The molecule has 4 atom stereocenters. The van der Waals surface area contributed by atoms with Crippen LogP contribution in [0.3, 0.4) is 0 Å². The molecular weight excluding hydrogens is 424 g/mol. The lowest BCUT2D eigenvalue weighted by Crippen LogP contribution is -2.15. The molecule has 4 aromatic rings. The van der Waals surface area contributed by atoms with Gasteiger partial charge in [-0.05, 0) is 47.6 Å². The molecule has 2 aliphatic heterocycles. The van der Waals surface area contributed by atoms with Gasteiger partial charge < -0.3 is 25.7 Å². The van der Waals surface area contributed by atoms with E-state index < -0.39 is 0 Å². The molecule has 2 aromatic carbocycles. The molecule has 0 saturated carbocycles. The van der Waals surface area contributed by atoms with Crippen molar-refractivity contribution in [3.8, 4) is 33.6 Å². The van der Waals surface area contributed by atoms with Gasteiger partial charge in [0.25, 0.3) is 0 Å². The van der Waals surface area contributed by atoms with Crippen LogP contribution in [0.25, 0.3) is 33.6 Å². The van der Waals surface area contributed by atoms with E-state index in [4.69, 9.17) is 0 Å². The van der Waals surface area contributed by atoms with Crippen LogP contribution in [0.1, 0.15) is 43.5 Å². The summed E-state index contributed by atoms with van der Waals surface area (Å²) in [7, 11) is 0. The van der Waals surface area contributed by atoms with Crippen LogP contribution in [0, 0.1) is 5.92 Å². The van der Waals surface area contributed by atoms with E-state index >= 15 is 0 Å². The Kier molecular flexibility index (Phi) is 5.53. The summed E-state index contributed by atoms with van der Waals surface area (Å²) in [5.41, 5.74) is 6.62. The summed E-state index contributed by atoms with van der Waals surface area (Å²) in [5, 5.41) is 16.6. The molecule has 2 fully saturated rings. The number of nitrogens with zero attached hydrogens (tertiary/aromatic N) is 2. The molecule has 6 rings (SSSR count). The Morgan fingerprint density at radius 3 is 1.59 bits per heavy atom. The van der Waals surface area contributed by atoms with E-state index in [-0.39, 0.29) is 12.1 Å². The van der Waals surface area contributed by atoms with E-state index in [1.807, 2.05) is 12.4 Å².